The van der Waals surface area contributed by atoms with Crippen molar-refractivity contribution in [1.29, 1.82) is 0 Å². The second-order valence-corrected chi connectivity index (χ2v) is 7.06. The van der Waals surface area contributed by atoms with Crippen molar-refractivity contribution in [3.8, 4) is 0 Å². The third-order valence-electron chi connectivity index (χ3n) is 5.09. The number of hydrazine groups is 1. The lowest BCUT2D eigenvalue weighted by atomic mass is 10.0. The van der Waals surface area contributed by atoms with E-state index in [1.165, 1.54) is 0 Å². The molecule has 0 spiro atoms. The van der Waals surface area contributed by atoms with Gasteiger partial charge in [0.05, 0.1) is 0 Å². The van der Waals surface area contributed by atoms with Crippen molar-refractivity contribution < 1.29 is 4.79 Å². The van der Waals surface area contributed by atoms with Crippen LogP contribution in [-0.4, -0.2) is 38.1 Å². The van der Waals surface area contributed by atoms with Gasteiger partial charge in [0.2, 0.25) is 5.91 Å². The zero-order chi connectivity index (χ0) is 19.2. The average Bonchev–Trinajstić information content (AvgIpc) is 3.39. The van der Waals surface area contributed by atoms with E-state index in [1.807, 2.05) is 40.9 Å². The Balaban J connectivity index is 1.13. The van der Waals surface area contributed by atoms with Gasteiger partial charge in [-0.25, -0.2) is 10.9 Å². The van der Waals surface area contributed by atoms with Crippen LogP contribution in [-0.2, 0) is 11.2 Å². The van der Waals surface area contributed by atoms with E-state index < -0.39 is 0 Å². The number of fused-ring (bicyclic) bond motifs is 1. The van der Waals surface area contributed by atoms with Crippen LogP contribution in [0.15, 0.2) is 48.9 Å². The van der Waals surface area contributed by atoms with Crippen LogP contribution in [0.2, 0.25) is 0 Å². The lowest BCUT2D eigenvalue weighted by Crippen LogP contribution is -2.43. The second kappa shape index (κ2) is 8.90. The van der Waals surface area contributed by atoms with E-state index in [4.69, 9.17) is 0 Å². The van der Waals surface area contributed by atoms with Gasteiger partial charge in [0, 0.05) is 37.6 Å². The van der Waals surface area contributed by atoms with Crippen molar-refractivity contribution in [2.75, 3.05) is 6.54 Å². The molecule has 0 bridgehead atoms. The standard InChI is InChI=1S/C20H25N7O/c28-20(17-14-16(23-24-17)15-8-11-21-12-9-15)22-10-4-1-2-6-18-25-26-19-7-3-5-13-27(18)19/h3,5,7-9,11-13,16-17,23-24H,1-2,4,6,10,14H2,(H,22,28). The van der Waals surface area contributed by atoms with Gasteiger partial charge in [-0.15, -0.1) is 10.2 Å². The molecule has 4 heterocycles. The molecule has 1 aliphatic heterocycles. The highest BCUT2D eigenvalue weighted by Gasteiger charge is 2.29. The monoisotopic (exact) mass is 379 g/mol. The van der Waals surface area contributed by atoms with E-state index in [0.717, 1.165) is 49.1 Å². The number of hydrogen-bond acceptors (Lipinski definition) is 6. The van der Waals surface area contributed by atoms with E-state index in [1.54, 1.807) is 12.4 Å². The Bertz CT molecular complexity index is 911. The average molecular weight is 379 g/mol. The van der Waals surface area contributed by atoms with Gasteiger partial charge in [0.25, 0.3) is 0 Å². The zero-order valence-corrected chi connectivity index (χ0v) is 15.7. The highest BCUT2D eigenvalue weighted by Crippen LogP contribution is 2.21. The maximum Gasteiger partial charge on any atom is 0.238 e. The van der Waals surface area contributed by atoms with Gasteiger partial charge in [-0.05, 0) is 49.1 Å². The summed E-state index contributed by atoms with van der Waals surface area (Å²) >= 11 is 0. The first-order chi connectivity index (χ1) is 13.8. The predicted molar refractivity (Wildman–Crippen MR) is 105 cm³/mol. The van der Waals surface area contributed by atoms with Crippen molar-refractivity contribution >= 4 is 11.6 Å². The van der Waals surface area contributed by atoms with Gasteiger partial charge < -0.3 is 5.32 Å². The van der Waals surface area contributed by atoms with Crippen LogP contribution in [0.25, 0.3) is 5.65 Å². The molecule has 8 heteroatoms. The molecule has 28 heavy (non-hydrogen) atoms. The smallest absolute Gasteiger partial charge is 0.238 e. The molecule has 0 aromatic carbocycles. The number of aryl methyl sites for hydroxylation is 1. The summed E-state index contributed by atoms with van der Waals surface area (Å²) < 4.78 is 2.03. The summed E-state index contributed by atoms with van der Waals surface area (Å²) in [6.07, 6.45) is 10.2. The number of aromatic nitrogens is 4. The molecule has 3 N–H and O–H groups in total. The van der Waals surface area contributed by atoms with Crippen molar-refractivity contribution in [3.63, 3.8) is 0 Å². The maximum atomic E-state index is 12.3. The molecule has 2 unspecified atom stereocenters. The molecule has 1 fully saturated rings. The molecular formula is C20H25N7O. The summed E-state index contributed by atoms with van der Waals surface area (Å²) in [5.41, 5.74) is 8.30. The van der Waals surface area contributed by atoms with E-state index in [9.17, 15) is 4.79 Å². The molecule has 2 atom stereocenters. The molecule has 0 saturated carbocycles. The van der Waals surface area contributed by atoms with Crippen LogP contribution in [0.4, 0.5) is 0 Å². The number of nitrogens with one attached hydrogen (secondary N) is 3. The first-order valence-corrected chi connectivity index (χ1v) is 9.78. The number of rotatable bonds is 8. The van der Waals surface area contributed by atoms with Gasteiger partial charge in [-0.2, -0.15) is 0 Å². The minimum absolute atomic E-state index is 0.0486. The number of nitrogens with zero attached hydrogens (tertiary/aromatic N) is 4. The molecule has 8 nitrogen and oxygen atoms in total. The minimum atomic E-state index is -0.208. The fourth-order valence-corrected chi connectivity index (χ4v) is 3.52. The van der Waals surface area contributed by atoms with E-state index >= 15 is 0 Å². The number of carbonyl (C=O) groups is 1. The lowest BCUT2D eigenvalue weighted by Gasteiger charge is -2.10. The molecule has 4 rings (SSSR count). The second-order valence-electron chi connectivity index (χ2n) is 7.06. The third kappa shape index (κ3) is 4.35. The van der Waals surface area contributed by atoms with Crippen molar-refractivity contribution in [2.24, 2.45) is 0 Å². The van der Waals surface area contributed by atoms with Crippen LogP contribution in [0.5, 0.6) is 0 Å². The number of pyridine rings is 2. The van der Waals surface area contributed by atoms with Crippen molar-refractivity contribution in [3.05, 3.63) is 60.3 Å². The molecule has 1 amide bonds. The van der Waals surface area contributed by atoms with Crippen LogP contribution in [0.3, 0.4) is 0 Å². The van der Waals surface area contributed by atoms with Gasteiger partial charge in [-0.3, -0.25) is 14.2 Å². The lowest BCUT2D eigenvalue weighted by molar-refractivity contribution is -0.122. The number of unbranched alkanes of at least 4 members (excludes halogenated alkanes) is 2. The maximum absolute atomic E-state index is 12.3. The Labute approximate surface area is 163 Å². The normalized spacial score (nSPS) is 19.1. The summed E-state index contributed by atoms with van der Waals surface area (Å²) in [4.78, 5) is 16.4. The van der Waals surface area contributed by atoms with E-state index in [2.05, 4.69) is 31.3 Å². The summed E-state index contributed by atoms with van der Waals surface area (Å²) in [6, 6.07) is 9.77. The minimum Gasteiger partial charge on any atom is -0.355 e. The van der Waals surface area contributed by atoms with Crippen LogP contribution in [0.1, 0.15) is 43.1 Å². The van der Waals surface area contributed by atoms with Crippen molar-refractivity contribution in [1.82, 2.24) is 35.8 Å². The van der Waals surface area contributed by atoms with E-state index in [0.29, 0.717) is 6.54 Å². The number of carbonyl (C=O) groups excluding carboxylic acids is 1. The van der Waals surface area contributed by atoms with Gasteiger partial charge in [-0.1, -0.05) is 12.5 Å². The number of amides is 1. The fraction of sp³-hybridized carbons (Fsp3) is 0.400. The molecule has 1 saturated heterocycles. The summed E-state index contributed by atoms with van der Waals surface area (Å²) in [6.45, 7) is 0.692. The SMILES string of the molecule is O=C(NCCCCCc1nnc2ccccn12)C1CC(c2ccncc2)NN1. The third-order valence-corrected chi connectivity index (χ3v) is 5.09. The van der Waals surface area contributed by atoms with Crippen LogP contribution < -0.4 is 16.2 Å². The van der Waals surface area contributed by atoms with Crippen LogP contribution >= 0.6 is 0 Å². The van der Waals surface area contributed by atoms with E-state index in [-0.39, 0.29) is 18.0 Å². The highest BCUT2D eigenvalue weighted by atomic mass is 16.2. The Kier molecular flexibility index (Phi) is 5.89. The fourth-order valence-electron chi connectivity index (χ4n) is 3.52. The number of hydrogen-bond donors (Lipinski definition) is 3. The first-order valence-electron chi connectivity index (χ1n) is 9.78. The largest absolute Gasteiger partial charge is 0.355 e. The quantitative estimate of drug-likeness (QED) is 0.514. The Morgan fingerprint density at radius 3 is 2.89 bits per heavy atom. The molecular weight excluding hydrogens is 354 g/mol. The summed E-state index contributed by atoms with van der Waals surface area (Å²) in [5, 5.41) is 11.5. The molecule has 3 aromatic heterocycles. The van der Waals surface area contributed by atoms with Gasteiger partial charge in [0.1, 0.15) is 11.9 Å². The molecule has 0 aliphatic carbocycles. The van der Waals surface area contributed by atoms with Gasteiger partial charge >= 0.3 is 0 Å². The first kappa shape index (κ1) is 18.5. The summed E-state index contributed by atoms with van der Waals surface area (Å²) in [5.74, 6) is 1.04. The Hall–Kier alpha value is -2.84. The molecule has 0 radical (unpaired) electrons. The zero-order valence-electron chi connectivity index (χ0n) is 15.7. The Morgan fingerprint density at radius 1 is 1.11 bits per heavy atom. The molecule has 146 valence electrons. The predicted octanol–water partition coefficient (Wildman–Crippen LogP) is 1.56. The highest BCUT2D eigenvalue weighted by molar-refractivity contribution is 5.82. The van der Waals surface area contributed by atoms with Crippen LogP contribution in [0, 0.1) is 0 Å². The Morgan fingerprint density at radius 2 is 2.00 bits per heavy atom. The van der Waals surface area contributed by atoms with Gasteiger partial charge in [0.15, 0.2) is 5.65 Å². The van der Waals surface area contributed by atoms with Crippen molar-refractivity contribution in [2.45, 2.75) is 44.2 Å². The molecule has 3 aromatic rings. The molecule has 1 aliphatic rings. The topological polar surface area (TPSA) is 96.2 Å². The summed E-state index contributed by atoms with van der Waals surface area (Å²) in [7, 11) is 0.